The second-order valence-electron chi connectivity index (χ2n) is 12.1. The first kappa shape index (κ1) is 29.2. The highest BCUT2D eigenvalue weighted by Crippen LogP contribution is 2.50. The molecule has 2 fully saturated rings. The lowest BCUT2D eigenvalue weighted by Gasteiger charge is -2.46. The van der Waals surface area contributed by atoms with Gasteiger partial charge in [-0.05, 0) is 80.4 Å². The molecule has 0 saturated heterocycles. The van der Waals surface area contributed by atoms with Crippen molar-refractivity contribution in [3.8, 4) is 11.3 Å². The summed E-state index contributed by atoms with van der Waals surface area (Å²) in [5.41, 5.74) is 0.0740. The van der Waals surface area contributed by atoms with Crippen molar-refractivity contribution in [2.75, 3.05) is 7.05 Å². The summed E-state index contributed by atoms with van der Waals surface area (Å²) in [6, 6.07) is 4.62. The topological polar surface area (TPSA) is 86.9 Å². The van der Waals surface area contributed by atoms with Gasteiger partial charge >= 0.3 is 6.18 Å². The first-order chi connectivity index (χ1) is 18.5. The quantitative estimate of drug-likeness (QED) is 0.286. The first-order valence-corrected chi connectivity index (χ1v) is 14.2. The molecule has 2 aliphatic rings. The van der Waals surface area contributed by atoms with E-state index in [1.165, 1.54) is 31.4 Å². The molecule has 2 saturated carbocycles. The summed E-state index contributed by atoms with van der Waals surface area (Å²) in [6.45, 7) is 4.40. The van der Waals surface area contributed by atoms with E-state index in [1.54, 1.807) is 13.2 Å². The fraction of sp³-hybridized carbons (Fsp3) is 0.633. The molecule has 1 aromatic heterocycles. The highest BCUT2D eigenvalue weighted by molar-refractivity contribution is 5.82. The fourth-order valence-electron chi connectivity index (χ4n) is 6.82. The van der Waals surface area contributed by atoms with Gasteiger partial charge in [-0.3, -0.25) is 9.59 Å². The fourth-order valence-corrected chi connectivity index (χ4v) is 6.82. The Balaban J connectivity index is 1.47. The summed E-state index contributed by atoms with van der Waals surface area (Å²) >= 11 is 0. The van der Waals surface area contributed by atoms with Crippen molar-refractivity contribution in [3.63, 3.8) is 0 Å². The van der Waals surface area contributed by atoms with Crippen LogP contribution in [0.2, 0.25) is 0 Å². The van der Waals surface area contributed by atoms with Gasteiger partial charge in [0.15, 0.2) is 0 Å². The van der Waals surface area contributed by atoms with E-state index in [0.29, 0.717) is 41.8 Å². The molecule has 2 aromatic rings. The smallest absolute Gasteiger partial charge is 0.359 e. The van der Waals surface area contributed by atoms with Crippen molar-refractivity contribution < 1.29 is 22.8 Å². The average molecular weight is 547 g/mol. The molecule has 214 valence electrons. The summed E-state index contributed by atoms with van der Waals surface area (Å²) in [6.07, 6.45) is 6.11. The number of aromatic nitrogens is 2. The number of hydrogen-bond acceptors (Lipinski definition) is 3. The van der Waals surface area contributed by atoms with E-state index in [2.05, 4.69) is 34.4 Å². The molecule has 2 unspecified atom stereocenters. The van der Waals surface area contributed by atoms with Crippen molar-refractivity contribution in [2.45, 2.75) is 90.3 Å². The molecular formula is C30H41F3N4O2. The second-order valence-corrected chi connectivity index (χ2v) is 12.1. The lowest BCUT2D eigenvalue weighted by Crippen LogP contribution is -2.47. The number of H-pyrrole nitrogens is 1. The highest BCUT2D eigenvalue weighted by Gasteiger charge is 2.45. The molecule has 9 heteroatoms. The monoisotopic (exact) mass is 546 g/mol. The van der Waals surface area contributed by atoms with Gasteiger partial charge in [0.2, 0.25) is 11.8 Å². The molecule has 0 aliphatic heterocycles. The van der Waals surface area contributed by atoms with Crippen molar-refractivity contribution in [1.29, 1.82) is 0 Å². The molecule has 0 radical (unpaired) electrons. The summed E-state index contributed by atoms with van der Waals surface area (Å²) < 4.78 is 39.0. The molecule has 3 atom stereocenters. The van der Waals surface area contributed by atoms with Gasteiger partial charge in [0.05, 0.1) is 23.5 Å². The maximum atomic E-state index is 13.7. The SMILES string of the molecule is CNC(=O)CCCCC[C@H](NC(=O)C1(C)CC2CC(C)CC(C2)C1)c1ncc(-c2ccc(C(F)(F)F)cc2)[nH]1. The van der Waals surface area contributed by atoms with E-state index < -0.39 is 17.2 Å². The van der Waals surface area contributed by atoms with Crippen molar-refractivity contribution in [3.05, 3.63) is 41.9 Å². The second kappa shape index (κ2) is 12.1. The molecule has 4 rings (SSSR count). The van der Waals surface area contributed by atoms with E-state index in [-0.39, 0.29) is 17.9 Å². The number of rotatable bonds is 10. The number of nitrogens with one attached hydrogen (secondary N) is 3. The number of halogens is 3. The Hall–Kier alpha value is -2.84. The third-order valence-corrected chi connectivity index (χ3v) is 8.59. The maximum absolute atomic E-state index is 13.7. The van der Waals surface area contributed by atoms with Gasteiger partial charge < -0.3 is 15.6 Å². The van der Waals surface area contributed by atoms with Crippen LogP contribution >= 0.6 is 0 Å². The van der Waals surface area contributed by atoms with Crippen LogP contribution in [-0.2, 0) is 15.8 Å². The molecule has 3 N–H and O–H groups in total. The van der Waals surface area contributed by atoms with Crippen LogP contribution in [0.25, 0.3) is 11.3 Å². The Labute approximate surface area is 228 Å². The van der Waals surface area contributed by atoms with E-state index in [1.807, 2.05) is 0 Å². The third-order valence-electron chi connectivity index (χ3n) is 8.59. The Kier molecular flexibility index (Phi) is 9.07. The maximum Gasteiger partial charge on any atom is 0.416 e. The van der Waals surface area contributed by atoms with Gasteiger partial charge in [0, 0.05) is 18.9 Å². The standard InChI is InChI=1S/C30H41F3N4O2/c1-19-13-20-15-21(14-19)17-29(2,16-20)28(39)37-24(7-5-4-6-8-26(38)34-3)27-35-18-25(36-27)22-9-11-23(12-10-22)30(31,32)33/h9-12,18-21,24H,4-8,13-17H2,1-3H3,(H,34,38)(H,35,36)(H,37,39)/t19?,20?,21?,24-,29?/m0/s1. The minimum atomic E-state index is -4.39. The van der Waals surface area contributed by atoms with Crippen LogP contribution in [0.4, 0.5) is 13.2 Å². The van der Waals surface area contributed by atoms with E-state index in [0.717, 1.165) is 50.2 Å². The molecule has 1 heterocycles. The number of carbonyl (C=O) groups is 2. The molecular weight excluding hydrogens is 505 g/mol. The normalized spacial score (nSPS) is 25.6. The predicted octanol–water partition coefficient (Wildman–Crippen LogP) is 6.80. The number of benzene rings is 1. The molecule has 2 amide bonds. The minimum Gasteiger partial charge on any atom is -0.359 e. The molecule has 2 bridgehead atoms. The van der Waals surface area contributed by atoms with Crippen LogP contribution in [0.1, 0.15) is 95.5 Å². The van der Waals surface area contributed by atoms with Crippen LogP contribution in [0.5, 0.6) is 0 Å². The summed E-state index contributed by atoms with van der Waals surface area (Å²) in [5, 5.41) is 5.92. The van der Waals surface area contributed by atoms with Gasteiger partial charge in [0.25, 0.3) is 0 Å². The highest BCUT2D eigenvalue weighted by atomic mass is 19.4. The number of aromatic amines is 1. The summed E-state index contributed by atoms with van der Waals surface area (Å²) in [7, 11) is 1.62. The van der Waals surface area contributed by atoms with Gasteiger partial charge in [-0.2, -0.15) is 13.2 Å². The number of hydrogen-bond donors (Lipinski definition) is 3. The molecule has 6 nitrogen and oxygen atoms in total. The van der Waals surface area contributed by atoms with Crippen molar-refractivity contribution >= 4 is 11.8 Å². The van der Waals surface area contributed by atoms with Crippen molar-refractivity contribution in [2.24, 2.45) is 23.2 Å². The van der Waals surface area contributed by atoms with Crippen LogP contribution in [0, 0.1) is 23.2 Å². The number of amides is 2. The lowest BCUT2D eigenvalue weighted by atomic mass is 9.59. The molecule has 1 aromatic carbocycles. The van der Waals surface area contributed by atoms with Gasteiger partial charge in [0.1, 0.15) is 5.82 Å². The number of nitrogens with zero attached hydrogens (tertiary/aromatic N) is 1. The average Bonchev–Trinajstić information content (AvgIpc) is 3.36. The Morgan fingerprint density at radius 3 is 2.36 bits per heavy atom. The third kappa shape index (κ3) is 7.42. The Morgan fingerprint density at radius 2 is 1.74 bits per heavy atom. The van der Waals surface area contributed by atoms with Gasteiger partial charge in [-0.15, -0.1) is 0 Å². The van der Waals surface area contributed by atoms with Crippen LogP contribution in [0.3, 0.4) is 0 Å². The molecule has 2 aliphatic carbocycles. The van der Waals surface area contributed by atoms with Crippen LogP contribution < -0.4 is 10.6 Å². The molecule has 39 heavy (non-hydrogen) atoms. The van der Waals surface area contributed by atoms with E-state index in [4.69, 9.17) is 0 Å². The summed E-state index contributed by atoms with van der Waals surface area (Å²) in [5.74, 6) is 2.54. The number of alkyl halides is 3. The first-order valence-electron chi connectivity index (χ1n) is 14.2. The number of fused-ring (bicyclic) bond motifs is 2. The minimum absolute atomic E-state index is 0.0113. The molecule has 0 spiro atoms. The Bertz CT molecular complexity index is 1110. The van der Waals surface area contributed by atoms with Crippen LogP contribution in [0.15, 0.2) is 30.5 Å². The Morgan fingerprint density at radius 1 is 1.08 bits per heavy atom. The number of imidazole rings is 1. The van der Waals surface area contributed by atoms with Gasteiger partial charge in [-0.1, -0.05) is 38.8 Å². The number of unbranched alkanes of at least 4 members (excludes halogenated alkanes) is 2. The van der Waals surface area contributed by atoms with Crippen molar-refractivity contribution in [1.82, 2.24) is 20.6 Å². The largest absolute Gasteiger partial charge is 0.416 e. The zero-order valence-corrected chi connectivity index (χ0v) is 23.2. The van der Waals surface area contributed by atoms with E-state index in [9.17, 15) is 22.8 Å². The zero-order valence-electron chi connectivity index (χ0n) is 23.2. The van der Waals surface area contributed by atoms with Gasteiger partial charge in [-0.25, -0.2) is 4.98 Å². The van der Waals surface area contributed by atoms with E-state index >= 15 is 0 Å². The lowest BCUT2D eigenvalue weighted by molar-refractivity contribution is -0.137. The number of carbonyl (C=O) groups excluding carboxylic acids is 2. The zero-order chi connectivity index (χ0) is 28.2. The predicted molar refractivity (Wildman–Crippen MR) is 144 cm³/mol. The summed E-state index contributed by atoms with van der Waals surface area (Å²) in [4.78, 5) is 33.1. The van der Waals surface area contributed by atoms with Crippen LogP contribution in [-0.4, -0.2) is 28.8 Å².